The van der Waals surface area contributed by atoms with Crippen molar-refractivity contribution in [3.63, 3.8) is 0 Å². The molecular weight excluding hydrogens is 262 g/mol. The van der Waals surface area contributed by atoms with Gasteiger partial charge in [0.2, 0.25) is 5.82 Å². The third-order valence-electron chi connectivity index (χ3n) is 2.42. The van der Waals surface area contributed by atoms with E-state index in [4.69, 9.17) is 9.47 Å². The maximum Gasteiger partial charge on any atom is 0.308 e. The number of ether oxygens (including phenoxy) is 2. The Hall–Kier alpha value is -2.90. The lowest BCUT2D eigenvalue weighted by molar-refractivity contribution is 0.0945. The number of H-pyrrole nitrogens is 1. The molecule has 2 N–H and O–H groups in total. The molecule has 0 aliphatic heterocycles. The molecule has 0 radical (unpaired) electrons. The molecular formula is C12H13N5O3. The summed E-state index contributed by atoms with van der Waals surface area (Å²) in [7, 11) is 3.10. The second-order valence-electron chi connectivity index (χ2n) is 3.65. The zero-order chi connectivity index (χ0) is 14.4. The van der Waals surface area contributed by atoms with Gasteiger partial charge >= 0.3 is 5.91 Å². The number of benzene rings is 1. The standard InChI is InChI=1S/C12H13N5O3/c1-19-9-4-3-8(5-10(9)20-2)6-14-17-12(18)11-13-7-15-16-11/h3-7H,1-2H3,(H,17,18)(H,13,15,16). The van der Waals surface area contributed by atoms with Crippen LogP contribution < -0.4 is 14.9 Å². The van der Waals surface area contributed by atoms with Gasteiger partial charge in [-0.2, -0.15) is 10.2 Å². The number of nitrogens with zero attached hydrogens (tertiary/aromatic N) is 3. The summed E-state index contributed by atoms with van der Waals surface area (Å²) in [6.07, 6.45) is 2.73. The summed E-state index contributed by atoms with van der Waals surface area (Å²) in [5.74, 6) is 0.821. The summed E-state index contributed by atoms with van der Waals surface area (Å²) in [5, 5.41) is 9.83. The lowest BCUT2D eigenvalue weighted by Gasteiger charge is -2.07. The largest absolute Gasteiger partial charge is 0.493 e. The summed E-state index contributed by atoms with van der Waals surface area (Å²) in [5.41, 5.74) is 3.07. The van der Waals surface area contributed by atoms with E-state index in [1.165, 1.54) is 12.5 Å². The van der Waals surface area contributed by atoms with Gasteiger partial charge in [-0.1, -0.05) is 0 Å². The third kappa shape index (κ3) is 3.10. The fourth-order valence-electron chi connectivity index (χ4n) is 1.47. The van der Waals surface area contributed by atoms with Crippen molar-refractivity contribution < 1.29 is 14.3 Å². The average molecular weight is 275 g/mol. The highest BCUT2D eigenvalue weighted by atomic mass is 16.5. The van der Waals surface area contributed by atoms with Crippen LogP contribution in [0.4, 0.5) is 0 Å². The molecule has 2 rings (SSSR count). The molecule has 0 saturated heterocycles. The quantitative estimate of drug-likeness (QED) is 0.614. The molecule has 0 unspecified atom stereocenters. The maximum atomic E-state index is 11.5. The van der Waals surface area contributed by atoms with Crippen LogP contribution in [-0.4, -0.2) is 41.5 Å². The second-order valence-corrected chi connectivity index (χ2v) is 3.65. The van der Waals surface area contributed by atoms with Gasteiger partial charge < -0.3 is 9.47 Å². The fraction of sp³-hybridized carbons (Fsp3) is 0.167. The molecule has 8 nitrogen and oxygen atoms in total. The number of carbonyl (C=O) groups excluding carboxylic acids is 1. The number of aromatic nitrogens is 3. The number of methoxy groups -OCH3 is 2. The molecule has 0 bridgehead atoms. The van der Waals surface area contributed by atoms with E-state index in [9.17, 15) is 4.79 Å². The molecule has 20 heavy (non-hydrogen) atoms. The molecule has 0 aliphatic rings. The number of nitrogens with one attached hydrogen (secondary N) is 2. The predicted molar refractivity (Wildman–Crippen MR) is 71.0 cm³/mol. The normalized spacial score (nSPS) is 10.5. The number of aromatic amines is 1. The molecule has 0 fully saturated rings. The van der Waals surface area contributed by atoms with Crippen molar-refractivity contribution in [3.05, 3.63) is 35.9 Å². The highest BCUT2D eigenvalue weighted by molar-refractivity contribution is 5.91. The SMILES string of the molecule is COc1ccc(C=NNC(=O)c2ncn[nH]2)cc1OC. The average Bonchev–Trinajstić information content (AvgIpc) is 3.01. The summed E-state index contributed by atoms with van der Waals surface area (Å²) >= 11 is 0. The Labute approximate surface area is 114 Å². The van der Waals surface area contributed by atoms with Gasteiger partial charge in [0.25, 0.3) is 0 Å². The van der Waals surface area contributed by atoms with Crippen molar-refractivity contribution in [3.8, 4) is 11.5 Å². The van der Waals surface area contributed by atoms with Crippen LogP contribution in [0.2, 0.25) is 0 Å². The Kier molecular flexibility index (Phi) is 4.28. The van der Waals surface area contributed by atoms with E-state index in [-0.39, 0.29) is 5.82 Å². The van der Waals surface area contributed by atoms with Gasteiger partial charge in [0.1, 0.15) is 6.33 Å². The van der Waals surface area contributed by atoms with E-state index < -0.39 is 5.91 Å². The first-order chi connectivity index (χ1) is 9.74. The summed E-state index contributed by atoms with van der Waals surface area (Å²) in [4.78, 5) is 15.2. The third-order valence-corrected chi connectivity index (χ3v) is 2.42. The van der Waals surface area contributed by atoms with E-state index in [0.717, 1.165) is 5.56 Å². The van der Waals surface area contributed by atoms with E-state index in [2.05, 4.69) is 25.7 Å². The highest BCUT2D eigenvalue weighted by Crippen LogP contribution is 2.26. The topological polar surface area (TPSA) is 101 Å². The number of hydrogen-bond acceptors (Lipinski definition) is 6. The molecule has 8 heteroatoms. The van der Waals surface area contributed by atoms with Crippen LogP contribution in [-0.2, 0) is 0 Å². The molecule has 0 aliphatic carbocycles. The van der Waals surface area contributed by atoms with Crippen molar-refractivity contribution in [2.24, 2.45) is 5.10 Å². The Bertz CT molecular complexity index is 610. The summed E-state index contributed by atoms with van der Waals surface area (Å²) < 4.78 is 10.3. The first-order valence-electron chi connectivity index (χ1n) is 5.65. The zero-order valence-electron chi connectivity index (χ0n) is 11.0. The van der Waals surface area contributed by atoms with Gasteiger partial charge in [-0.05, 0) is 23.8 Å². The Morgan fingerprint density at radius 1 is 1.35 bits per heavy atom. The van der Waals surface area contributed by atoms with Gasteiger partial charge in [-0.15, -0.1) is 0 Å². The molecule has 0 atom stereocenters. The van der Waals surface area contributed by atoms with Gasteiger partial charge in [0, 0.05) is 0 Å². The van der Waals surface area contributed by atoms with E-state index in [1.807, 2.05) is 0 Å². The number of carbonyl (C=O) groups is 1. The monoisotopic (exact) mass is 275 g/mol. The first-order valence-corrected chi connectivity index (χ1v) is 5.65. The molecule has 0 saturated carbocycles. The van der Waals surface area contributed by atoms with Crippen LogP contribution in [0, 0.1) is 0 Å². The van der Waals surface area contributed by atoms with E-state index in [0.29, 0.717) is 11.5 Å². The van der Waals surface area contributed by atoms with E-state index >= 15 is 0 Å². The van der Waals surface area contributed by atoms with Crippen LogP contribution in [0.5, 0.6) is 11.5 Å². The Morgan fingerprint density at radius 2 is 2.15 bits per heavy atom. The Morgan fingerprint density at radius 3 is 2.80 bits per heavy atom. The van der Waals surface area contributed by atoms with Crippen LogP contribution in [0.1, 0.15) is 16.2 Å². The van der Waals surface area contributed by atoms with Gasteiger partial charge in [-0.25, -0.2) is 10.4 Å². The molecule has 1 aromatic heterocycles. The van der Waals surface area contributed by atoms with Crippen molar-refractivity contribution >= 4 is 12.1 Å². The molecule has 1 amide bonds. The molecule has 1 heterocycles. The summed E-state index contributed by atoms with van der Waals surface area (Å²) in [6.45, 7) is 0. The highest BCUT2D eigenvalue weighted by Gasteiger charge is 2.06. The van der Waals surface area contributed by atoms with Gasteiger partial charge in [0.05, 0.1) is 20.4 Å². The number of rotatable bonds is 5. The predicted octanol–water partition coefficient (Wildman–Crippen LogP) is 0.586. The van der Waals surface area contributed by atoms with Crippen LogP contribution in [0.15, 0.2) is 29.6 Å². The second kappa shape index (κ2) is 6.32. The molecule has 0 spiro atoms. The molecule has 104 valence electrons. The van der Waals surface area contributed by atoms with Crippen LogP contribution in [0.3, 0.4) is 0 Å². The van der Waals surface area contributed by atoms with Crippen molar-refractivity contribution in [2.75, 3.05) is 14.2 Å². The van der Waals surface area contributed by atoms with Gasteiger partial charge in [0.15, 0.2) is 11.5 Å². The zero-order valence-corrected chi connectivity index (χ0v) is 11.0. The molecule has 1 aromatic carbocycles. The van der Waals surface area contributed by atoms with Crippen molar-refractivity contribution in [2.45, 2.75) is 0 Å². The number of hydrazone groups is 1. The summed E-state index contributed by atoms with van der Waals surface area (Å²) in [6, 6.07) is 5.27. The minimum Gasteiger partial charge on any atom is -0.493 e. The van der Waals surface area contributed by atoms with Crippen LogP contribution >= 0.6 is 0 Å². The smallest absolute Gasteiger partial charge is 0.308 e. The Balaban J connectivity index is 2.03. The minimum atomic E-state index is -0.473. The molecule has 2 aromatic rings. The van der Waals surface area contributed by atoms with Crippen molar-refractivity contribution in [1.29, 1.82) is 0 Å². The lowest BCUT2D eigenvalue weighted by atomic mass is 10.2. The van der Waals surface area contributed by atoms with Crippen LogP contribution in [0.25, 0.3) is 0 Å². The maximum absolute atomic E-state index is 11.5. The van der Waals surface area contributed by atoms with E-state index in [1.54, 1.807) is 32.4 Å². The van der Waals surface area contributed by atoms with Crippen molar-refractivity contribution in [1.82, 2.24) is 20.6 Å². The number of hydrogen-bond donors (Lipinski definition) is 2. The van der Waals surface area contributed by atoms with Gasteiger partial charge in [-0.3, -0.25) is 9.89 Å². The first kappa shape index (κ1) is 13.5. The lowest BCUT2D eigenvalue weighted by Crippen LogP contribution is -2.19. The fourth-order valence-corrected chi connectivity index (χ4v) is 1.47. The number of amides is 1. The minimum absolute atomic E-state index is 0.0921.